The van der Waals surface area contributed by atoms with Gasteiger partial charge < -0.3 is 38.9 Å². The third-order valence-electron chi connectivity index (χ3n) is 26.8. The Balaban J connectivity index is 0.000000104. The van der Waals surface area contributed by atoms with Gasteiger partial charge in [0.15, 0.2) is 0 Å². The van der Waals surface area contributed by atoms with E-state index in [4.69, 9.17) is 92.7 Å². The van der Waals surface area contributed by atoms with Crippen LogP contribution >= 0.6 is 58.0 Å². The van der Waals surface area contributed by atoms with Crippen LogP contribution in [0, 0.1) is 0 Å². The van der Waals surface area contributed by atoms with Crippen molar-refractivity contribution in [2.75, 3.05) is 39.3 Å². The summed E-state index contributed by atoms with van der Waals surface area (Å²) in [6, 6.07) is 103. The van der Waals surface area contributed by atoms with E-state index in [0.29, 0.717) is 38.3 Å². The van der Waals surface area contributed by atoms with E-state index in [1.165, 1.54) is 84.5 Å². The number of fused-ring (bicyclic) bond motifs is 12. The summed E-state index contributed by atoms with van der Waals surface area (Å²) in [6.45, 7) is 15.4. The largest absolute Gasteiger partial charge is 0.573 e. The second-order valence-electron chi connectivity index (χ2n) is 36.0. The van der Waals surface area contributed by atoms with Crippen LogP contribution in [0.15, 0.2) is 373 Å². The second kappa shape index (κ2) is 43.0. The van der Waals surface area contributed by atoms with Gasteiger partial charge in [0.1, 0.15) is 46.5 Å². The molecule has 13 aromatic carbocycles. The van der Waals surface area contributed by atoms with Gasteiger partial charge in [-0.1, -0.05) is 295 Å². The molecule has 0 N–H and O–H groups in total. The summed E-state index contributed by atoms with van der Waals surface area (Å²) in [7, 11) is 0. The molecule has 0 radical (unpaired) electrons. The van der Waals surface area contributed by atoms with Crippen LogP contribution in [0.5, 0.6) is 11.5 Å². The highest BCUT2D eigenvalue weighted by Gasteiger charge is 2.38. The predicted molar refractivity (Wildman–Crippen MR) is 575 cm³/mol. The number of benzene rings is 13. The van der Waals surface area contributed by atoms with Crippen LogP contribution < -0.4 is 9.47 Å². The molecule has 0 aliphatic carbocycles. The van der Waals surface area contributed by atoms with E-state index < -0.39 is 6.36 Å². The summed E-state index contributed by atoms with van der Waals surface area (Å²) >= 11 is 30.7. The molecule has 141 heavy (non-hydrogen) atoms. The lowest BCUT2D eigenvalue weighted by atomic mass is 9.97. The van der Waals surface area contributed by atoms with Crippen molar-refractivity contribution in [2.24, 2.45) is 30.0 Å². The summed E-state index contributed by atoms with van der Waals surface area (Å²) in [5, 5.41) is 3.30. The van der Waals surface area contributed by atoms with Gasteiger partial charge in [-0.15, -0.1) is 13.2 Å². The molecule has 0 aromatic heterocycles. The van der Waals surface area contributed by atoms with Gasteiger partial charge >= 0.3 is 6.36 Å². The molecule has 12 heterocycles. The standard InChI is InChI=1S/C24H20N2.C20H19ClN2.C20H20N2O.C19H15F3N2O.2C18H14Cl2N2/c1-2-8-18(9-3-1)22-12-6-4-10-19(22)16-20-14-15-26-17-21-11-5-7-13-23(21)25-24(20)26;1-2-17-12-16(11-14-7-3-5-9-18(14)21)20-22-19-10-6-4-8-15(19)13-23(17)20;1-2-23-19-10-6-4-7-15(19)13-16-11-12-22-14-17-8-3-5-9-18(17)21-20(16)22;20-19(21,22)25-17-8-4-2-5-13(17)11-14-9-10-24-12-15-6-1-3-7-16(15)23-18(14)24;19-15-6-5-12(16(20)10-15)9-13-7-8-22-11-14-3-1-2-4-17(14)21-18(13)22;19-15-6-5-12(10-16(15)20)9-13-7-8-22-11-14-3-1-2-4-17(14)21-18(13)22/h1-13,16H,14-15,17H2;3-11,17H,2,12-13H2,1H3;3-10,13H,2,11-12,14H2,1H3;1-8,11H,9-10,12H2;2*1-6,9-10H,7-8,11H2/b20-16+;16-11+;16-13+;14-11+;2*13-9+. The van der Waals surface area contributed by atoms with Crippen molar-refractivity contribution in [1.29, 1.82) is 0 Å². The number of hydrogen-bond donors (Lipinski definition) is 0. The smallest absolute Gasteiger partial charge is 0.493 e. The minimum Gasteiger partial charge on any atom is -0.493 e. The van der Waals surface area contributed by atoms with Crippen LogP contribution in [-0.4, -0.2) is 116 Å². The summed E-state index contributed by atoms with van der Waals surface area (Å²) < 4.78 is 47.7. The fourth-order valence-electron chi connectivity index (χ4n) is 19.8. The van der Waals surface area contributed by atoms with Crippen LogP contribution in [0.2, 0.25) is 25.1 Å². The third kappa shape index (κ3) is 21.9. The third-order valence-corrected chi connectivity index (χ3v) is 28.4. The number of alkyl halides is 3. The highest BCUT2D eigenvalue weighted by Crippen LogP contribution is 2.44. The lowest BCUT2D eigenvalue weighted by Gasteiger charge is -2.29. The number of aliphatic imine (C=N–C) groups is 6. The zero-order chi connectivity index (χ0) is 96.5. The van der Waals surface area contributed by atoms with Crippen molar-refractivity contribution in [2.45, 2.75) is 110 Å². The van der Waals surface area contributed by atoms with Crippen LogP contribution in [0.3, 0.4) is 0 Å². The van der Waals surface area contributed by atoms with Gasteiger partial charge in [-0.25, -0.2) is 30.0 Å². The summed E-state index contributed by atoms with van der Waals surface area (Å²) in [5.41, 5.74) is 29.9. The van der Waals surface area contributed by atoms with Gasteiger partial charge in [-0.3, -0.25) is 0 Å². The van der Waals surface area contributed by atoms with E-state index in [1.807, 2.05) is 104 Å². The van der Waals surface area contributed by atoms with Gasteiger partial charge in [-0.2, -0.15) is 0 Å². The first kappa shape index (κ1) is 94.6. The van der Waals surface area contributed by atoms with Crippen LogP contribution in [0.4, 0.5) is 47.3 Å². The number of hydrogen-bond acceptors (Lipinski definition) is 14. The highest BCUT2D eigenvalue weighted by atomic mass is 35.5. The van der Waals surface area contributed by atoms with E-state index in [9.17, 15) is 13.2 Å². The maximum absolute atomic E-state index is 12.6. The molecule has 25 rings (SSSR count). The Morgan fingerprint density at radius 3 is 1.10 bits per heavy atom. The van der Waals surface area contributed by atoms with Gasteiger partial charge in [0, 0.05) is 104 Å². The van der Waals surface area contributed by atoms with Crippen molar-refractivity contribution >= 4 is 164 Å². The van der Waals surface area contributed by atoms with E-state index in [2.05, 4.69) is 253 Å². The van der Waals surface area contributed by atoms with Crippen molar-refractivity contribution in [3.8, 4) is 22.6 Å². The topological polar surface area (TPSA) is 112 Å². The van der Waals surface area contributed by atoms with Gasteiger partial charge in [0.05, 0.1) is 50.8 Å². The fraction of sp³-hybridized carbons (Fsp3) is 0.193. The van der Waals surface area contributed by atoms with Gasteiger partial charge in [0.2, 0.25) is 0 Å². The molecule has 1 atom stereocenters. The number of ether oxygens (including phenoxy) is 2. The molecule has 12 aliphatic rings. The molecular formula is C119H102Cl5F3N12O2. The molecule has 6 fully saturated rings. The Bertz CT molecular complexity index is 7340. The summed E-state index contributed by atoms with van der Waals surface area (Å²) in [6.07, 6.45) is 15.1. The van der Waals surface area contributed by atoms with Crippen molar-refractivity contribution in [1.82, 2.24) is 29.4 Å². The average molecular weight is 1970 g/mol. The Morgan fingerprint density at radius 2 is 0.667 bits per heavy atom. The Kier molecular flexibility index (Phi) is 28.8. The van der Waals surface area contributed by atoms with E-state index in [-0.39, 0.29) is 5.75 Å². The summed E-state index contributed by atoms with van der Waals surface area (Å²) in [5.74, 6) is 7.13. The minimum atomic E-state index is -4.71. The normalized spacial score (nSPS) is 18.3. The van der Waals surface area contributed by atoms with Crippen molar-refractivity contribution in [3.05, 3.63) is 435 Å². The van der Waals surface area contributed by atoms with Crippen LogP contribution in [-0.2, 0) is 39.3 Å². The number of halogens is 8. The number of rotatable bonds is 11. The van der Waals surface area contributed by atoms with Crippen molar-refractivity contribution in [3.63, 3.8) is 0 Å². The fourth-order valence-corrected chi connectivity index (χ4v) is 20.7. The zero-order valence-electron chi connectivity index (χ0n) is 78.1. The predicted octanol–water partition coefficient (Wildman–Crippen LogP) is 31.1. The second-order valence-corrected chi connectivity index (χ2v) is 38.1. The molecule has 0 amide bonds. The molecule has 0 spiro atoms. The molecular weight excluding hydrogens is 1860 g/mol. The minimum absolute atomic E-state index is 0.197. The maximum Gasteiger partial charge on any atom is 0.573 e. The molecule has 0 bridgehead atoms. The number of para-hydroxylation sites is 8. The quantitative estimate of drug-likeness (QED) is 0.126. The van der Waals surface area contributed by atoms with E-state index >= 15 is 0 Å². The van der Waals surface area contributed by atoms with Crippen LogP contribution in [0.1, 0.15) is 126 Å². The molecule has 12 aliphatic heterocycles. The Hall–Kier alpha value is -14.0. The van der Waals surface area contributed by atoms with Crippen LogP contribution in [0.25, 0.3) is 47.6 Å². The van der Waals surface area contributed by atoms with Gasteiger partial charge in [-0.05, 0) is 267 Å². The average Bonchev–Trinajstić information content (AvgIpc) is 1.66. The van der Waals surface area contributed by atoms with E-state index in [1.54, 1.807) is 24.3 Å². The molecule has 0 saturated carbocycles. The molecule has 6 saturated heterocycles. The molecule has 706 valence electrons. The lowest BCUT2D eigenvalue weighted by molar-refractivity contribution is -0.274. The highest BCUT2D eigenvalue weighted by molar-refractivity contribution is 6.42. The molecule has 1 unspecified atom stereocenters. The lowest BCUT2D eigenvalue weighted by Crippen LogP contribution is -2.34. The zero-order valence-corrected chi connectivity index (χ0v) is 81.9. The Morgan fingerprint density at radius 1 is 0.312 bits per heavy atom. The SMILES string of the molecule is C(=C1/CCN2Cc3ccccc3N=C12)/c1ccccc1-c1ccccc1.CCC1C/C(=C\c2ccccc2Cl)C2=Nc3ccccc3CN21.CCOc1ccccc1/C=C1\CCN2Cc3ccccc3N=C12.Clc1ccc(/C=C2\CCN3Cc4ccccc4N=C23)c(Cl)c1.Clc1ccc(/C=C2\CCN3Cc4ccccc4N=C23)cc1Cl.FC(F)(F)Oc1ccccc1/C=C1\CCN2Cc3ccccc3N=C12. The molecule has 13 aromatic rings. The number of nitrogens with zero attached hydrogens (tertiary/aromatic N) is 12. The first-order valence-corrected chi connectivity index (χ1v) is 49.9. The van der Waals surface area contributed by atoms with Gasteiger partial charge in [0.25, 0.3) is 0 Å². The molecule has 14 nitrogen and oxygen atoms in total. The summed E-state index contributed by atoms with van der Waals surface area (Å²) in [4.78, 5) is 43.2. The molecule has 22 heteroatoms. The monoisotopic (exact) mass is 1960 g/mol. The Labute approximate surface area is 846 Å². The first-order valence-electron chi connectivity index (χ1n) is 48.0. The first-order chi connectivity index (χ1) is 68.9. The number of amidine groups is 6. The maximum atomic E-state index is 12.6. The van der Waals surface area contributed by atoms with E-state index in [0.717, 1.165) is 230 Å². The van der Waals surface area contributed by atoms with Crippen molar-refractivity contribution < 1.29 is 22.6 Å².